The van der Waals surface area contributed by atoms with Crippen LogP contribution >= 0.6 is 11.3 Å². The molecule has 7 atom stereocenters. The lowest BCUT2D eigenvalue weighted by Crippen LogP contribution is -2.56. The van der Waals surface area contributed by atoms with Gasteiger partial charge in [-0.25, -0.2) is 4.98 Å². The van der Waals surface area contributed by atoms with Crippen LogP contribution in [0.15, 0.2) is 41.9 Å². The third-order valence-electron chi connectivity index (χ3n) is 10.2. The van der Waals surface area contributed by atoms with E-state index in [0.29, 0.717) is 19.4 Å². The van der Waals surface area contributed by atoms with Crippen LogP contribution in [0, 0.1) is 11.8 Å². The Hall–Kier alpha value is -3.39. The molecule has 278 valence electrons. The minimum atomic E-state index is -0.827. The number of likely N-dealkylation sites (N-methyl/N-ethyl adjacent to an activating group) is 2. The van der Waals surface area contributed by atoms with E-state index in [0.717, 1.165) is 23.4 Å². The highest BCUT2D eigenvalue weighted by molar-refractivity contribution is 7.09. The molecule has 2 heterocycles. The van der Waals surface area contributed by atoms with E-state index in [2.05, 4.69) is 20.9 Å². The fraction of sp³-hybridized carbons (Fsp3) is 0.649. The first kappa shape index (κ1) is 41.0. The number of methoxy groups -OCH3 is 2. The van der Waals surface area contributed by atoms with Crippen LogP contribution in [-0.4, -0.2) is 110 Å². The summed E-state index contributed by atoms with van der Waals surface area (Å²) in [6.45, 7) is 9.76. The lowest BCUT2D eigenvalue weighted by atomic mass is 9.90. The fourth-order valence-electron chi connectivity index (χ4n) is 6.70. The number of aromatic nitrogens is 1. The van der Waals surface area contributed by atoms with E-state index in [1.54, 1.807) is 53.3 Å². The predicted octanol–water partition coefficient (Wildman–Crippen LogP) is 3.58. The van der Waals surface area contributed by atoms with E-state index >= 15 is 0 Å². The molecule has 0 aliphatic carbocycles. The molecule has 1 aromatic carbocycles. The van der Waals surface area contributed by atoms with Gasteiger partial charge in [0.25, 0.3) is 0 Å². The van der Waals surface area contributed by atoms with Crippen LogP contribution in [-0.2, 0) is 35.1 Å². The molecule has 0 spiro atoms. The first-order valence-electron chi connectivity index (χ1n) is 17.6. The van der Waals surface area contributed by atoms with Crippen molar-refractivity contribution in [2.45, 2.75) is 103 Å². The van der Waals surface area contributed by atoms with Gasteiger partial charge in [-0.1, -0.05) is 57.5 Å². The van der Waals surface area contributed by atoms with E-state index in [1.807, 2.05) is 61.4 Å². The molecule has 50 heavy (non-hydrogen) atoms. The number of benzene rings is 1. The number of amides is 4. The van der Waals surface area contributed by atoms with Crippen molar-refractivity contribution in [2.75, 3.05) is 41.4 Å². The molecule has 3 N–H and O–H groups in total. The van der Waals surface area contributed by atoms with E-state index in [-0.39, 0.29) is 54.6 Å². The molecule has 2 aromatic rings. The zero-order valence-electron chi connectivity index (χ0n) is 31.2. The van der Waals surface area contributed by atoms with Gasteiger partial charge in [-0.3, -0.25) is 19.2 Å². The van der Waals surface area contributed by atoms with Gasteiger partial charge < -0.3 is 35.2 Å². The molecule has 0 bridgehead atoms. The summed E-state index contributed by atoms with van der Waals surface area (Å²) >= 11 is 1.50. The number of thiazole rings is 1. The van der Waals surface area contributed by atoms with Gasteiger partial charge in [0.05, 0.1) is 54.8 Å². The number of hydrogen-bond donors (Lipinski definition) is 3. The van der Waals surface area contributed by atoms with Gasteiger partial charge in [-0.2, -0.15) is 0 Å². The molecule has 13 heteroatoms. The summed E-state index contributed by atoms with van der Waals surface area (Å²) in [5.74, 6) is -1.37. The van der Waals surface area contributed by atoms with Gasteiger partial charge in [0, 0.05) is 39.4 Å². The minimum Gasteiger partial charge on any atom is -0.379 e. The normalized spacial score (nSPS) is 18.4. The quantitative estimate of drug-likeness (QED) is 0.201. The van der Waals surface area contributed by atoms with E-state index in [4.69, 9.17) is 9.47 Å². The Morgan fingerprint density at radius 2 is 1.82 bits per heavy atom. The molecule has 1 aliphatic rings. The predicted molar refractivity (Wildman–Crippen MR) is 195 cm³/mol. The summed E-state index contributed by atoms with van der Waals surface area (Å²) in [5, 5.41) is 11.6. The second kappa shape index (κ2) is 19.3. The highest BCUT2D eigenvalue weighted by Gasteiger charge is 2.42. The molecule has 0 radical (unpaired) electrons. The number of carbonyl (C=O) groups excluding carboxylic acids is 4. The molecule has 1 saturated heterocycles. The maximum Gasteiger partial charge on any atom is 0.242 e. The van der Waals surface area contributed by atoms with E-state index < -0.39 is 29.7 Å². The molecule has 4 amide bonds. The molecule has 1 fully saturated rings. The van der Waals surface area contributed by atoms with E-state index in [1.165, 1.54) is 11.3 Å². The van der Waals surface area contributed by atoms with Gasteiger partial charge in [0.2, 0.25) is 23.6 Å². The largest absolute Gasteiger partial charge is 0.379 e. The van der Waals surface area contributed by atoms with Crippen LogP contribution in [0.3, 0.4) is 0 Å². The number of nitrogens with one attached hydrogen (secondary N) is 3. The van der Waals surface area contributed by atoms with Crippen LogP contribution in [0.1, 0.15) is 76.9 Å². The summed E-state index contributed by atoms with van der Waals surface area (Å²) in [5.41, 5.74) is 0.265. The van der Waals surface area contributed by atoms with Crippen molar-refractivity contribution < 1.29 is 28.7 Å². The maximum absolute atomic E-state index is 14.1. The number of rotatable bonds is 19. The van der Waals surface area contributed by atoms with Gasteiger partial charge in [0.15, 0.2) is 0 Å². The Kier molecular flexibility index (Phi) is 15.8. The smallest absolute Gasteiger partial charge is 0.242 e. The molecular weight excluding hydrogens is 657 g/mol. The Morgan fingerprint density at radius 1 is 1.12 bits per heavy atom. The average molecular weight is 715 g/mol. The van der Waals surface area contributed by atoms with Crippen molar-refractivity contribution >= 4 is 35.0 Å². The molecule has 12 nitrogen and oxygen atoms in total. The van der Waals surface area contributed by atoms with Crippen LogP contribution in [0.5, 0.6) is 0 Å². The highest BCUT2D eigenvalue weighted by atomic mass is 32.1. The first-order chi connectivity index (χ1) is 23.8. The third kappa shape index (κ3) is 10.6. The van der Waals surface area contributed by atoms with Crippen molar-refractivity contribution in [2.24, 2.45) is 11.8 Å². The van der Waals surface area contributed by atoms with Crippen LogP contribution < -0.4 is 16.0 Å². The van der Waals surface area contributed by atoms with Crippen LogP contribution in [0.4, 0.5) is 0 Å². The zero-order chi connectivity index (χ0) is 37.0. The molecule has 3 rings (SSSR count). The highest BCUT2D eigenvalue weighted by Crippen LogP contribution is 2.30. The Morgan fingerprint density at radius 3 is 2.40 bits per heavy atom. The number of hydrogen-bond acceptors (Lipinski definition) is 9. The summed E-state index contributed by atoms with van der Waals surface area (Å²) in [6.07, 6.45) is 3.52. The second-order valence-electron chi connectivity index (χ2n) is 13.8. The summed E-state index contributed by atoms with van der Waals surface area (Å²) in [6, 6.07) is 8.98. The topological polar surface area (TPSA) is 142 Å². The van der Waals surface area contributed by atoms with Crippen molar-refractivity contribution in [3.63, 3.8) is 0 Å². The summed E-state index contributed by atoms with van der Waals surface area (Å²) < 4.78 is 11.9. The summed E-state index contributed by atoms with van der Waals surface area (Å²) in [4.78, 5) is 61.7. The number of nitrogens with zero attached hydrogens (tertiary/aromatic N) is 3. The maximum atomic E-state index is 14.1. The average Bonchev–Trinajstić information content (AvgIpc) is 3.84. The Bertz CT molecular complexity index is 1380. The van der Waals surface area contributed by atoms with Gasteiger partial charge in [0.1, 0.15) is 5.01 Å². The molecule has 1 aliphatic heterocycles. The molecule has 1 aromatic heterocycles. The van der Waals surface area contributed by atoms with Crippen molar-refractivity contribution in [3.8, 4) is 0 Å². The van der Waals surface area contributed by atoms with Crippen LogP contribution in [0.2, 0.25) is 0 Å². The Balaban J connectivity index is 1.72. The monoisotopic (exact) mass is 714 g/mol. The van der Waals surface area contributed by atoms with Crippen molar-refractivity contribution in [3.05, 3.63) is 52.5 Å². The van der Waals surface area contributed by atoms with Gasteiger partial charge >= 0.3 is 0 Å². The minimum absolute atomic E-state index is 0.0117. The SMILES string of the molecule is CC[C@H](C)[C@@H]([C@@H](CC(=O)N1CCC[C@H]1[C@H](OC)[C@@H](C)C(=O)N[C@@H](Cc1ccccc1)c1nccs1)OC)N(C)C(=O)CNC(=O)C(C)(C)NC. The number of carbonyl (C=O) groups is 4. The fourth-order valence-corrected chi connectivity index (χ4v) is 7.39. The molecule has 0 saturated carbocycles. The number of likely N-dealkylation sites (tertiary alicyclic amines) is 1. The standard InChI is InChI=1S/C37H58N6O6S/c1-10-24(2)32(42(7)31(45)23-40-36(47)37(4,5)38-6)29(48-8)22-30(44)43-19-14-17-28(43)33(49-9)25(3)34(46)41-27(35-39-18-20-50-35)21-26-15-12-11-13-16-26/h11-13,15-16,18,20,24-25,27-29,32-33,38H,10,14,17,19,21-23H2,1-9H3,(H,40,47)(H,41,46)/t24-,25+,27-,28-,29+,32-,33+/m0/s1. The lowest BCUT2D eigenvalue weighted by molar-refractivity contribution is -0.146. The molecular formula is C37H58N6O6S. The number of ether oxygens (including phenoxy) is 2. The first-order valence-corrected chi connectivity index (χ1v) is 18.5. The van der Waals surface area contributed by atoms with Gasteiger partial charge in [-0.05, 0) is 51.6 Å². The zero-order valence-corrected chi connectivity index (χ0v) is 32.0. The van der Waals surface area contributed by atoms with E-state index in [9.17, 15) is 19.2 Å². The van der Waals surface area contributed by atoms with Crippen LogP contribution in [0.25, 0.3) is 0 Å². The summed E-state index contributed by atoms with van der Waals surface area (Å²) in [7, 11) is 6.53. The Labute approximate surface area is 302 Å². The molecule has 0 unspecified atom stereocenters. The second-order valence-corrected chi connectivity index (χ2v) is 14.7. The van der Waals surface area contributed by atoms with Crippen molar-refractivity contribution in [1.29, 1.82) is 0 Å². The van der Waals surface area contributed by atoms with Crippen molar-refractivity contribution in [1.82, 2.24) is 30.7 Å². The van der Waals surface area contributed by atoms with Gasteiger partial charge in [-0.15, -0.1) is 11.3 Å². The third-order valence-corrected chi connectivity index (χ3v) is 11.1. The lowest BCUT2D eigenvalue weighted by Gasteiger charge is -2.39.